The molecule has 1 aliphatic rings. The molecule has 0 radical (unpaired) electrons. The SMILES string of the molecule is CC(=O)N1CCN(c2ccc(NC(=O)CSc3nnnn3-c3ccccc3C)cc2)CC1. The maximum absolute atomic E-state index is 12.5. The van der Waals surface area contributed by atoms with E-state index in [1.54, 1.807) is 11.6 Å². The summed E-state index contributed by atoms with van der Waals surface area (Å²) in [7, 11) is 0. The Kier molecular flexibility index (Phi) is 6.69. The van der Waals surface area contributed by atoms with Crippen molar-refractivity contribution < 1.29 is 9.59 Å². The predicted octanol–water partition coefficient (Wildman–Crippen LogP) is 2.37. The Balaban J connectivity index is 1.31. The van der Waals surface area contributed by atoms with Crippen LogP contribution in [0.25, 0.3) is 5.69 Å². The molecule has 10 heteroatoms. The molecule has 1 fully saturated rings. The molecule has 2 amide bonds. The number of aryl methyl sites for hydroxylation is 1. The largest absolute Gasteiger partial charge is 0.368 e. The number of nitrogens with zero attached hydrogens (tertiary/aromatic N) is 6. The third-order valence-electron chi connectivity index (χ3n) is 5.36. The van der Waals surface area contributed by atoms with Crippen LogP contribution in [0.4, 0.5) is 11.4 Å². The Morgan fingerprint density at radius 3 is 2.44 bits per heavy atom. The first kappa shape index (κ1) is 21.8. The van der Waals surface area contributed by atoms with Crippen LogP contribution in [0.2, 0.25) is 0 Å². The molecule has 2 aromatic carbocycles. The van der Waals surface area contributed by atoms with Gasteiger partial charge in [-0.05, 0) is 53.2 Å². The second-order valence-corrected chi connectivity index (χ2v) is 8.48. The number of nitrogens with one attached hydrogen (secondary N) is 1. The molecule has 0 aliphatic carbocycles. The molecular weight excluding hydrogens is 426 g/mol. The first-order valence-electron chi connectivity index (χ1n) is 10.4. The van der Waals surface area contributed by atoms with E-state index in [0.717, 1.165) is 48.8 Å². The lowest BCUT2D eigenvalue weighted by atomic mass is 10.2. The van der Waals surface area contributed by atoms with Gasteiger partial charge < -0.3 is 15.1 Å². The van der Waals surface area contributed by atoms with Gasteiger partial charge in [0.1, 0.15) is 0 Å². The number of anilines is 2. The number of aromatic nitrogens is 4. The van der Waals surface area contributed by atoms with Gasteiger partial charge in [-0.3, -0.25) is 9.59 Å². The zero-order valence-electron chi connectivity index (χ0n) is 18.1. The molecule has 9 nitrogen and oxygen atoms in total. The van der Waals surface area contributed by atoms with Crippen LogP contribution in [0.15, 0.2) is 53.7 Å². The van der Waals surface area contributed by atoms with E-state index >= 15 is 0 Å². The molecule has 32 heavy (non-hydrogen) atoms. The number of carbonyl (C=O) groups excluding carboxylic acids is 2. The Bertz CT molecular complexity index is 1090. The fraction of sp³-hybridized carbons (Fsp3) is 0.318. The van der Waals surface area contributed by atoms with E-state index in [4.69, 9.17) is 0 Å². The van der Waals surface area contributed by atoms with Crippen LogP contribution in [0.1, 0.15) is 12.5 Å². The summed E-state index contributed by atoms with van der Waals surface area (Å²) in [6.07, 6.45) is 0. The molecule has 166 valence electrons. The number of hydrogen-bond donors (Lipinski definition) is 1. The molecule has 3 aromatic rings. The molecule has 0 spiro atoms. The highest BCUT2D eigenvalue weighted by Crippen LogP contribution is 2.22. The maximum atomic E-state index is 12.5. The quantitative estimate of drug-likeness (QED) is 0.575. The summed E-state index contributed by atoms with van der Waals surface area (Å²) in [4.78, 5) is 28.0. The fourth-order valence-electron chi connectivity index (χ4n) is 3.58. The average molecular weight is 452 g/mol. The van der Waals surface area contributed by atoms with Crippen LogP contribution in [-0.4, -0.2) is 68.9 Å². The lowest BCUT2D eigenvalue weighted by Crippen LogP contribution is -2.48. The van der Waals surface area contributed by atoms with Gasteiger partial charge in [0.2, 0.25) is 17.0 Å². The minimum Gasteiger partial charge on any atom is -0.368 e. The molecule has 1 aromatic heterocycles. The van der Waals surface area contributed by atoms with Crippen LogP contribution < -0.4 is 10.2 Å². The van der Waals surface area contributed by atoms with Crippen molar-refractivity contribution in [3.8, 4) is 5.69 Å². The molecule has 0 bridgehead atoms. The van der Waals surface area contributed by atoms with Crippen LogP contribution in [0.3, 0.4) is 0 Å². The highest BCUT2D eigenvalue weighted by atomic mass is 32.2. The number of piperazine rings is 1. The summed E-state index contributed by atoms with van der Waals surface area (Å²) < 4.78 is 1.65. The smallest absolute Gasteiger partial charge is 0.234 e. The number of benzene rings is 2. The average Bonchev–Trinajstić information content (AvgIpc) is 3.27. The summed E-state index contributed by atoms with van der Waals surface area (Å²) in [6, 6.07) is 15.6. The van der Waals surface area contributed by atoms with Gasteiger partial charge in [0.25, 0.3) is 0 Å². The highest BCUT2D eigenvalue weighted by molar-refractivity contribution is 7.99. The number of rotatable bonds is 6. The molecule has 0 unspecified atom stereocenters. The number of amides is 2. The van der Waals surface area contributed by atoms with Gasteiger partial charge in [0.05, 0.1) is 11.4 Å². The van der Waals surface area contributed by atoms with Crippen LogP contribution in [-0.2, 0) is 9.59 Å². The number of para-hydroxylation sites is 1. The van der Waals surface area contributed by atoms with E-state index < -0.39 is 0 Å². The maximum Gasteiger partial charge on any atom is 0.234 e. The Morgan fingerprint density at radius 1 is 1.03 bits per heavy atom. The summed E-state index contributed by atoms with van der Waals surface area (Å²) in [5.74, 6) is 0.187. The van der Waals surface area contributed by atoms with Gasteiger partial charge in [-0.1, -0.05) is 30.0 Å². The van der Waals surface area contributed by atoms with Crippen molar-refractivity contribution in [1.29, 1.82) is 0 Å². The van der Waals surface area contributed by atoms with Crippen molar-refractivity contribution >= 4 is 35.0 Å². The number of hydrogen-bond acceptors (Lipinski definition) is 7. The second kappa shape index (κ2) is 9.82. The summed E-state index contributed by atoms with van der Waals surface area (Å²) >= 11 is 1.29. The number of tetrazole rings is 1. The first-order valence-corrected chi connectivity index (χ1v) is 11.4. The normalized spacial score (nSPS) is 13.8. The summed E-state index contributed by atoms with van der Waals surface area (Å²) in [5.41, 5.74) is 3.76. The molecule has 2 heterocycles. The summed E-state index contributed by atoms with van der Waals surface area (Å²) in [5, 5.41) is 15.3. The highest BCUT2D eigenvalue weighted by Gasteiger charge is 2.19. The molecule has 0 atom stereocenters. The van der Waals surface area contributed by atoms with E-state index in [-0.39, 0.29) is 17.6 Å². The van der Waals surface area contributed by atoms with E-state index in [9.17, 15) is 9.59 Å². The van der Waals surface area contributed by atoms with Gasteiger partial charge in [0, 0.05) is 44.5 Å². The van der Waals surface area contributed by atoms with Gasteiger partial charge in [0.15, 0.2) is 0 Å². The first-order chi connectivity index (χ1) is 15.5. The predicted molar refractivity (Wildman–Crippen MR) is 124 cm³/mol. The minimum absolute atomic E-state index is 0.119. The lowest BCUT2D eigenvalue weighted by molar-refractivity contribution is -0.129. The number of thioether (sulfide) groups is 1. The van der Waals surface area contributed by atoms with Crippen molar-refractivity contribution in [3.05, 3.63) is 54.1 Å². The van der Waals surface area contributed by atoms with Gasteiger partial charge >= 0.3 is 0 Å². The fourth-order valence-corrected chi connectivity index (χ4v) is 4.27. The molecule has 4 rings (SSSR count). The summed E-state index contributed by atoms with van der Waals surface area (Å²) in [6.45, 7) is 6.66. The van der Waals surface area contributed by atoms with Crippen LogP contribution in [0, 0.1) is 6.92 Å². The molecule has 1 aliphatic heterocycles. The molecule has 0 saturated carbocycles. The van der Waals surface area contributed by atoms with Gasteiger partial charge in [-0.15, -0.1) is 5.10 Å². The van der Waals surface area contributed by atoms with E-state index in [2.05, 4.69) is 25.7 Å². The van der Waals surface area contributed by atoms with E-state index in [1.807, 2.05) is 60.4 Å². The molecule has 1 N–H and O–H groups in total. The molecular formula is C22H25N7O2S. The monoisotopic (exact) mass is 451 g/mol. The Hall–Kier alpha value is -3.40. The van der Waals surface area contributed by atoms with Crippen molar-refractivity contribution in [2.24, 2.45) is 0 Å². The third-order valence-corrected chi connectivity index (χ3v) is 6.28. The van der Waals surface area contributed by atoms with Gasteiger partial charge in [-0.25, -0.2) is 0 Å². The Morgan fingerprint density at radius 2 is 1.75 bits per heavy atom. The topological polar surface area (TPSA) is 96.2 Å². The van der Waals surface area contributed by atoms with Crippen LogP contribution >= 0.6 is 11.8 Å². The van der Waals surface area contributed by atoms with Crippen molar-refractivity contribution in [3.63, 3.8) is 0 Å². The zero-order chi connectivity index (χ0) is 22.5. The van der Waals surface area contributed by atoms with Crippen LogP contribution in [0.5, 0.6) is 0 Å². The van der Waals surface area contributed by atoms with Crippen molar-refractivity contribution in [1.82, 2.24) is 25.1 Å². The standard InChI is InChI=1S/C22H25N7O2S/c1-16-5-3-4-6-20(16)29-22(24-25-26-29)32-15-21(31)23-18-7-9-19(10-8-18)28-13-11-27(12-14-28)17(2)30/h3-10H,11-15H2,1-2H3,(H,23,31). The van der Waals surface area contributed by atoms with Gasteiger partial charge in [-0.2, -0.15) is 4.68 Å². The lowest BCUT2D eigenvalue weighted by Gasteiger charge is -2.35. The number of carbonyl (C=O) groups is 2. The zero-order valence-corrected chi connectivity index (χ0v) is 18.9. The van der Waals surface area contributed by atoms with Crippen molar-refractivity contribution in [2.45, 2.75) is 19.0 Å². The molecule has 1 saturated heterocycles. The van der Waals surface area contributed by atoms with E-state index in [0.29, 0.717) is 5.16 Å². The minimum atomic E-state index is -0.128. The third kappa shape index (κ3) is 5.08. The van der Waals surface area contributed by atoms with E-state index in [1.165, 1.54) is 11.8 Å². The second-order valence-electron chi connectivity index (χ2n) is 7.54. The Labute approximate surface area is 190 Å². The van der Waals surface area contributed by atoms with Crippen molar-refractivity contribution in [2.75, 3.05) is 42.1 Å².